The van der Waals surface area contributed by atoms with Crippen molar-refractivity contribution in [2.24, 2.45) is 0 Å². The van der Waals surface area contributed by atoms with Crippen molar-refractivity contribution in [3.63, 3.8) is 0 Å². The molecule has 20 heteroatoms. The van der Waals surface area contributed by atoms with Crippen molar-refractivity contribution in [2.75, 3.05) is 76.4 Å². The topological polar surface area (TPSA) is 173 Å². The molecule has 4 aromatic carbocycles. The number of ether oxygens (including phenoxy) is 2. The number of phenolic OH excluding ortho intramolecular Hbond substituents is 2. The van der Waals surface area contributed by atoms with E-state index in [-0.39, 0.29) is 11.5 Å². The van der Waals surface area contributed by atoms with Crippen LogP contribution in [0.1, 0.15) is 64.2 Å². The second-order valence-electron chi connectivity index (χ2n) is 23.2. The van der Waals surface area contributed by atoms with E-state index in [4.69, 9.17) is 42.6 Å². The fourth-order valence-electron chi connectivity index (χ4n) is 14.1. The first-order valence-corrected chi connectivity index (χ1v) is 29.7. The molecule has 0 amide bonds. The van der Waals surface area contributed by atoms with Crippen molar-refractivity contribution < 1.29 is 28.5 Å². The number of halogens is 4. The van der Waals surface area contributed by atoms with Crippen LogP contribution in [0.3, 0.4) is 0 Å². The first-order chi connectivity index (χ1) is 39.9. The Labute approximate surface area is 485 Å². The Morgan fingerprint density at radius 3 is 1.66 bits per heavy atom. The van der Waals surface area contributed by atoms with Gasteiger partial charge in [0.2, 0.25) is 0 Å². The maximum atomic E-state index is 12.6. The lowest BCUT2D eigenvalue weighted by atomic mass is 9.98. The van der Waals surface area contributed by atoms with Crippen LogP contribution in [0.5, 0.6) is 23.5 Å². The van der Waals surface area contributed by atoms with Crippen LogP contribution in [0.2, 0.25) is 10.0 Å². The molecule has 4 bridgehead atoms. The van der Waals surface area contributed by atoms with Gasteiger partial charge in [-0.25, -0.2) is 13.8 Å². The van der Waals surface area contributed by atoms with Crippen LogP contribution in [-0.2, 0) is 0 Å². The summed E-state index contributed by atoms with van der Waals surface area (Å²) < 4.78 is 36.0. The maximum Gasteiger partial charge on any atom is 0.320 e. The Bertz CT molecular complexity index is 3400. The molecular formula is C62H68Cl2F2N12O4. The fourth-order valence-corrected chi connectivity index (χ4v) is 14.6. The minimum Gasteiger partial charge on any atom is -0.508 e. The maximum absolute atomic E-state index is 12.6. The summed E-state index contributed by atoms with van der Waals surface area (Å²) in [6, 6.07) is 27.8. The summed E-state index contributed by atoms with van der Waals surface area (Å²) >= 11 is 13.1. The molecule has 16 nitrogen and oxygen atoms in total. The molecule has 0 radical (unpaired) electrons. The van der Waals surface area contributed by atoms with Gasteiger partial charge in [0.1, 0.15) is 35.2 Å². The highest BCUT2D eigenvalue weighted by atomic mass is 35.5. The lowest BCUT2D eigenvalue weighted by molar-refractivity contribution is 0.292. The minimum atomic E-state index is -0.518. The first-order valence-electron chi connectivity index (χ1n) is 29.0. The van der Waals surface area contributed by atoms with Crippen molar-refractivity contribution in [3.05, 3.63) is 95.1 Å². The van der Waals surface area contributed by atoms with Crippen LogP contribution in [0.25, 0.3) is 66.0 Å². The summed E-state index contributed by atoms with van der Waals surface area (Å²) in [4.78, 5) is 37.3. The molecule has 4 N–H and O–H groups in total. The molecule has 0 saturated carbocycles. The lowest BCUT2D eigenvalue weighted by Crippen LogP contribution is -2.51. The second-order valence-corrected chi connectivity index (χ2v) is 24.0. The summed E-state index contributed by atoms with van der Waals surface area (Å²) in [6.07, 6.45) is 12.2. The monoisotopic (exact) mass is 1150 g/mol. The van der Waals surface area contributed by atoms with Gasteiger partial charge in [-0.15, -0.1) is 0 Å². The predicted octanol–water partition coefficient (Wildman–Crippen LogP) is 10.7. The predicted molar refractivity (Wildman–Crippen MR) is 320 cm³/mol. The van der Waals surface area contributed by atoms with E-state index in [1.54, 1.807) is 44.7 Å². The normalized spacial score (nSPS) is 25.4. The molecule has 16 rings (SSSR count). The fraction of sp³-hybridized carbons (Fsp3) is 0.452. The minimum absolute atomic E-state index is 0.161. The van der Waals surface area contributed by atoms with Crippen molar-refractivity contribution in [2.45, 2.75) is 113 Å². The number of phenols is 2. The number of pyridine rings is 2. The zero-order chi connectivity index (χ0) is 56.2. The summed E-state index contributed by atoms with van der Waals surface area (Å²) in [7, 11) is 3.14. The Balaban J connectivity index is 0.000000118. The molecule has 0 aliphatic carbocycles. The van der Waals surface area contributed by atoms with Crippen LogP contribution < -0.4 is 29.9 Å². The van der Waals surface area contributed by atoms with Crippen LogP contribution in [0, 0.1) is 0 Å². The highest BCUT2D eigenvalue weighted by Crippen LogP contribution is 2.41. The SMILES string of the molecule is COc1nc(N2CC3CCC(C2)N3)c2ncc(-c3cc(O)cc4cccc(Cl)c34)cc2n1.COc1nc(N2CC3CC[C@H](C2)N3)c2ccc(-c3cc(O)cc4cccc(Cl)c34)nc2n1.FC1CC2CCCN2C1.FC1CC2CCCN2C1. The summed E-state index contributed by atoms with van der Waals surface area (Å²) in [5.74, 6) is 1.99. The van der Waals surface area contributed by atoms with E-state index in [0.717, 1.165) is 113 Å². The molecule has 8 atom stereocenters. The number of hydrogen-bond donors (Lipinski definition) is 4. The molecule has 428 valence electrons. The van der Waals surface area contributed by atoms with Crippen molar-refractivity contribution in [1.82, 2.24) is 50.3 Å². The van der Waals surface area contributed by atoms with E-state index in [9.17, 15) is 19.0 Å². The third-order valence-electron chi connectivity index (χ3n) is 17.7. The highest BCUT2D eigenvalue weighted by molar-refractivity contribution is 6.37. The number of hydrogen-bond acceptors (Lipinski definition) is 16. The molecule has 8 aromatic rings. The van der Waals surface area contributed by atoms with E-state index < -0.39 is 12.3 Å². The number of rotatable bonds is 6. The van der Waals surface area contributed by atoms with Crippen LogP contribution >= 0.6 is 23.2 Å². The zero-order valence-electron chi connectivity index (χ0n) is 46.1. The lowest BCUT2D eigenvalue weighted by Gasteiger charge is -2.34. The van der Waals surface area contributed by atoms with Gasteiger partial charge in [-0.05, 0) is 148 Å². The Hall–Kier alpha value is -6.54. The Kier molecular flexibility index (Phi) is 15.5. The molecule has 8 aliphatic rings. The number of piperazine rings is 2. The number of anilines is 2. The van der Waals surface area contributed by atoms with E-state index in [1.807, 2.05) is 54.6 Å². The number of benzene rings is 4. The van der Waals surface area contributed by atoms with Crippen LogP contribution in [0.15, 0.2) is 85.1 Å². The smallest absolute Gasteiger partial charge is 0.320 e. The van der Waals surface area contributed by atoms with Crippen molar-refractivity contribution >= 4 is 78.4 Å². The highest BCUT2D eigenvalue weighted by Gasteiger charge is 2.38. The summed E-state index contributed by atoms with van der Waals surface area (Å²) in [6.45, 7) is 7.30. The molecule has 8 fully saturated rings. The van der Waals surface area contributed by atoms with E-state index >= 15 is 0 Å². The number of aromatic nitrogens is 6. The average Bonchev–Trinajstić information content (AvgIpc) is 4.49. The van der Waals surface area contributed by atoms with E-state index in [2.05, 4.69) is 50.2 Å². The van der Waals surface area contributed by atoms with Gasteiger partial charge < -0.3 is 40.1 Å². The van der Waals surface area contributed by atoms with Gasteiger partial charge in [0.05, 0.1) is 30.8 Å². The van der Waals surface area contributed by atoms with E-state index in [1.165, 1.54) is 51.4 Å². The summed E-state index contributed by atoms with van der Waals surface area (Å²) in [5, 5.41) is 33.5. The third-order valence-corrected chi connectivity index (χ3v) is 18.4. The Morgan fingerprint density at radius 1 is 0.573 bits per heavy atom. The molecule has 8 saturated heterocycles. The molecule has 7 unspecified atom stereocenters. The molecule has 12 heterocycles. The largest absolute Gasteiger partial charge is 0.508 e. The number of methoxy groups -OCH3 is 2. The van der Waals surface area contributed by atoms with Crippen LogP contribution in [0.4, 0.5) is 20.4 Å². The molecule has 0 spiro atoms. The number of alkyl halides is 2. The van der Waals surface area contributed by atoms with Gasteiger partial charge in [-0.2, -0.15) is 19.9 Å². The second kappa shape index (κ2) is 23.3. The first kappa shape index (κ1) is 54.7. The van der Waals surface area contributed by atoms with Gasteiger partial charge in [-0.3, -0.25) is 14.8 Å². The van der Waals surface area contributed by atoms with Crippen molar-refractivity contribution in [1.29, 1.82) is 0 Å². The third kappa shape index (κ3) is 11.2. The quantitative estimate of drug-likeness (QED) is 0.124. The molecule has 4 aromatic heterocycles. The van der Waals surface area contributed by atoms with Crippen LogP contribution in [-0.4, -0.2) is 165 Å². The van der Waals surface area contributed by atoms with Gasteiger partial charge in [0.15, 0.2) is 11.5 Å². The number of aromatic hydroxyl groups is 2. The molecule has 82 heavy (non-hydrogen) atoms. The molecule has 8 aliphatic heterocycles. The van der Waals surface area contributed by atoms with Gasteiger partial charge in [0.25, 0.3) is 0 Å². The Morgan fingerprint density at radius 2 is 1.10 bits per heavy atom. The average molecular weight is 1150 g/mol. The number of nitrogens with zero attached hydrogens (tertiary/aromatic N) is 10. The number of fused-ring (bicyclic) bond motifs is 10. The van der Waals surface area contributed by atoms with Gasteiger partial charge in [-0.1, -0.05) is 47.5 Å². The van der Waals surface area contributed by atoms with Gasteiger partial charge >= 0.3 is 12.0 Å². The zero-order valence-corrected chi connectivity index (χ0v) is 47.6. The van der Waals surface area contributed by atoms with E-state index in [0.29, 0.717) is 88.3 Å². The summed E-state index contributed by atoms with van der Waals surface area (Å²) in [5.41, 5.74) is 5.05. The molecular weight excluding hydrogens is 1090 g/mol. The van der Waals surface area contributed by atoms with Gasteiger partial charge in [0, 0.05) is 114 Å². The van der Waals surface area contributed by atoms with Crippen molar-refractivity contribution in [3.8, 4) is 45.9 Å². The standard InChI is InChI=1S/2C24H22ClN5O2.2C7H12FN/c1-32-24-28-20-8-14(18-9-17(31)7-13-3-2-4-19(25)21(13)18)10-26-22(20)23(29-24)30-11-15-5-6-16(12-30)27-15;1-32-24-28-22-17(23(29-24)30-11-14-5-6-15(12-30)26-14)7-8-20(27-22)18-10-16(31)9-13-3-2-4-19(25)21(13)18;2*8-6-4-7-2-1-3-9(7)5-6/h2-4,7-10,15-16,27,31H,5-6,11-12H2,1H3;2-4,7-10,14-15,26,31H,5-6,11-12H2,1H3;2*6-7H,1-5H2/t;14-,15?;;/m.1../s1. The number of nitrogens with one attached hydrogen (secondary N) is 2.